The molecule has 1 spiro atoms. The fourth-order valence-corrected chi connectivity index (χ4v) is 4.15. The first-order valence-corrected chi connectivity index (χ1v) is 9.66. The summed E-state index contributed by atoms with van der Waals surface area (Å²) >= 11 is 0. The largest absolute Gasteiger partial charge is 0.504 e. The molecule has 2 aliphatic heterocycles. The molecule has 1 saturated heterocycles. The fourth-order valence-electron chi connectivity index (χ4n) is 4.15. The van der Waals surface area contributed by atoms with Gasteiger partial charge in [-0.1, -0.05) is 24.3 Å². The molecule has 28 heavy (non-hydrogen) atoms. The molecule has 1 atom stereocenters. The first kappa shape index (κ1) is 18.9. The molecule has 0 radical (unpaired) electrons. The molecule has 0 saturated carbocycles. The molecule has 148 valence electrons. The van der Waals surface area contributed by atoms with Gasteiger partial charge in [0.2, 0.25) is 0 Å². The summed E-state index contributed by atoms with van der Waals surface area (Å²) < 4.78 is 18.7. The van der Waals surface area contributed by atoms with E-state index in [2.05, 4.69) is 17.3 Å². The number of nitrogens with one attached hydrogen (secondary N) is 1. The van der Waals surface area contributed by atoms with Crippen LogP contribution in [0.15, 0.2) is 47.5 Å². The second-order valence-electron chi connectivity index (χ2n) is 7.70. The van der Waals surface area contributed by atoms with E-state index in [1.165, 1.54) is 12.1 Å². The van der Waals surface area contributed by atoms with E-state index in [4.69, 9.17) is 9.73 Å². The summed E-state index contributed by atoms with van der Waals surface area (Å²) in [5.74, 6) is 0.364. The van der Waals surface area contributed by atoms with Gasteiger partial charge in [0.05, 0.1) is 7.11 Å². The summed E-state index contributed by atoms with van der Waals surface area (Å²) in [5.41, 5.74) is 2.28. The number of rotatable bonds is 3. The highest BCUT2D eigenvalue weighted by Crippen LogP contribution is 2.40. The Morgan fingerprint density at radius 2 is 1.89 bits per heavy atom. The molecule has 1 fully saturated rings. The summed E-state index contributed by atoms with van der Waals surface area (Å²) in [6.45, 7) is 1.90. The second-order valence-corrected chi connectivity index (χ2v) is 7.70. The Balaban J connectivity index is 1.74. The van der Waals surface area contributed by atoms with Gasteiger partial charge in [-0.2, -0.15) is 0 Å². The van der Waals surface area contributed by atoms with Gasteiger partial charge in [0.1, 0.15) is 11.5 Å². The van der Waals surface area contributed by atoms with E-state index < -0.39 is 0 Å². The van der Waals surface area contributed by atoms with Crippen LogP contribution in [0.25, 0.3) is 0 Å². The van der Waals surface area contributed by atoms with E-state index in [0.717, 1.165) is 42.8 Å². The van der Waals surface area contributed by atoms with Gasteiger partial charge in [0.15, 0.2) is 11.5 Å². The van der Waals surface area contributed by atoms with Crippen molar-refractivity contribution in [3.8, 4) is 11.5 Å². The molecule has 2 aromatic rings. The Kier molecular flexibility index (Phi) is 5.08. The highest BCUT2D eigenvalue weighted by atomic mass is 19.1. The molecule has 1 unspecified atom stereocenters. The van der Waals surface area contributed by atoms with Crippen LogP contribution in [-0.2, 0) is 0 Å². The van der Waals surface area contributed by atoms with Gasteiger partial charge in [0, 0.05) is 36.8 Å². The quantitative estimate of drug-likeness (QED) is 0.852. The van der Waals surface area contributed by atoms with Crippen LogP contribution < -0.4 is 10.1 Å². The Morgan fingerprint density at radius 1 is 1.18 bits per heavy atom. The predicted molar refractivity (Wildman–Crippen MR) is 108 cm³/mol. The van der Waals surface area contributed by atoms with E-state index >= 15 is 0 Å². The smallest absolute Gasteiger partial charge is 0.162 e. The standard InChI is InChI=1S/C22H26FN3O2/c1-26-12-10-22(11-13-26)24-18(15-6-8-16(23)9-7-15)14-19(25-22)17-4-3-5-20(28-2)21(17)27/h3-9,19,25,27H,10-14H2,1-2H3. The van der Waals surface area contributed by atoms with E-state index in [1.807, 2.05) is 12.1 Å². The number of ether oxygens (including phenoxy) is 1. The monoisotopic (exact) mass is 383 g/mol. The molecule has 5 nitrogen and oxygen atoms in total. The van der Waals surface area contributed by atoms with E-state index in [-0.39, 0.29) is 23.3 Å². The highest BCUT2D eigenvalue weighted by Gasteiger charge is 2.40. The maximum absolute atomic E-state index is 13.4. The van der Waals surface area contributed by atoms with Crippen LogP contribution in [0.2, 0.25) is 0 Å². The Bertz CT molecular complexity index is 874. The first-order valence-electron chi connectivity index (χ1n) is 9.66. The van der Waals surface area contributed by atoms with Crippen LogP contribution in [0.4, 0.5) is 4.39 Å². The molecule has 0 amide bonds. The van der Waals surface area contributed by atoms with Gasteiger partial charge < -0.3 is 14.7 Å². The average Bonchev–Trinajstić information content (AvgIpc) is 2.71. The van der Waals surface area contributed by atoms with Gasteiger partial charge in [-0.05, 0) is 43.7 Å². The zero-order chi connectivity index (χ0) is 19.7. The molecule has 0 aliphatic carbocycles. The van der Waals surface area contributed by atoms with Crippen LogP contribution >= 0.6 is 0 Å². The number of nitrogens with zero attached hydrogens (tertiary/aromatic N) is 2. The second kappa shape index (κ2) is 7.53. The van der Waals surface area contributed by atoms with Crippen LogP contribution in [0.3, 0.4) is 0 Å². The maximum Gasteiger partial charge on any atom is 0.162 e. The lowest BCUT2D eigenvalue weighted by Gasteiger charge is -2.44. The molecule has 4 rings (SSSR count). The minimum atomic E-state index is -0.380. The summed E-state index contributed by atoms with van der Waals surface area (Å²) in [7, 11) is 3.67. The lowest BCUT2D eigenvalue weighted by molar-refractivity contribution is 0.144. The molecule has 2 N–H and O–H groups in total. The van der Waals surface area contributed by atoms with E-state index in [1.54, 1.807) is 25.3 Å². The topological polar surface area (TPSA) is 57.1 Å². The Labute approximate surface area is 164 Å². The van der Waals surface area contributed by atoms with Crippen molar-refractivity contribution in [1.82, 2.24) is 10.2 Å². The molecular weight excluding hydrogens is 357 g/mol. The SMILES string of the molecule is COc1cccc(C2CC(c3ccc(F)cc3)=NC3(CCN(C)CC3)N2)c1O. The number of aliphatic imine (C=N–C) groups is 1. The van der Waals surface area contributed by atoms with Crippen molar-refractivity contribution in [1.29, 1.82) is 0 Å². The summed E-state index contributed by atoms with van der Waals surface area (Å²) in [6.07, 6.45) is 2.38. The molecule has 6 heteroatoms. The minimum absolute atomic E-state index is 0.101. The van der Waals surface area contributed by atoms with Crippen molar-refractivity contribution in [3.05, 3.63) is 59.4 Å². The lowest BCUT2D eigenvalue weighted by Crippen LogP contribution is -2.55. The van der Waals surface area contributed by atoms with Crippen LogP contribution in [0.1, 0.15) is 36.4 Å². The number of para-hydroxylation sites is 1. The number of phenolic OH excluding ortho intramolecular Hbond substituents is 1. The molecule has 0 bridgehead atoms. The number of benzene rings is 2. The molecule has 2 aromatic carbocycles. The lowest BCUT2D eigenvalue weighted by atomic mass is 9.87. The number of methoxy groups -OCH3 is 1. The summed E-state index contributed by atoms with van der Waals surface area (Å²) in [4.78, 5) is 7.40. The number of likely N-dealkylation sites (tertiary alicyclic amines) is 1. The normalized spacial score (nSPS) is 22.1. The van der Waals surface area contributed by atoms with Crippen molar-refractivity contribution in [2.24, 2.45) is 4.99 Å². The Hall–Kier alpha value is -2.44. The van der Waals surface area contributed by atoms with Crippen molar-refractivity contribution in [3.63, 3.8) is 0 Å². The van der Waals surface area contributed by atoms with Crippen molar-refractivity contribution in [2.45, 2.75) is 31.0 Å². The van der Waals surface area contributed by atoms with E-state index in [0.29, 0.717) is 12.2 Å². The summed E-state index contributed by atoms with van der Waals surface area (Å²) in [5, 5.41) is 14.4. The van der Waals surface area contributed by atoms with Gasteiger partial charge >= 0.3 is 0 Å². The molecule has 2 aliphatic rings. The van der Waals surface area contributed by atoms with Crippen molar-refractivity contribution in [2.75, 3.05) is 27.2 Å². The zero-order valence-electron chi connectivity index (χ0n) is 16.3. The third-order valence-corrected chi connectivity index (χ3v) is 5.81. The van der Waals surface area contributed by atoms with Gasteiger partial charge in [-0.3, -0.25) is 10.3 Å². The summed E-state index contributed by atoms with van der Waals surface area (Å²) in [6, 6.07) is 12.0. The third-order valence-electron chi connectivity index (χ3n) is 5.81. The fraction of sp³-hybridized carbons (Fsp3) is 0.409. The van der Waals surface area contributed by atoms with Crippen LogP contribution in [0, 0.1) is 5.82 Å². The Morgan fingerprint density at radius 3 is 2.57 bits per heavy atom. The molecule has 0 aromatic heterocycles. The molecule has 2 heterocycles. The van der Waals surface area contributed by atoms with Crippen LogP contribution in [-0.4, -0.2) is 48.6 Å². The highest BCUT2D eigenvalue weighted by molar-refractivity contribution is 6.01. The number of halogens is 1. The number of aromatic hydroxyl groups is 1. The minimum Gasteiger partial charge on any atom is -0.504 e. The van der Waals surface area contributed by atoms with Crippen molar-refractivity contribution < 1.29 is 14.2 Å². The maximum atomic E-state index is 13.4. The number of hydrogen-bond donors (Lipinski definition) is 2. The molecular formula is C22H26FN3O2. The van der Waals surface area contributed by atoms with E-state index in [9.17, 15) is 9.50 Å². The first-order chi connectivity index (χ1) is 13.5. The average molecular weight is 383 g/mol. The van der Waals surface area contributed by atoms with Crippen molar-refractivity contribution >= 4 is 5.71 Å². The number of piperidine rings is 1. The zero-order valence-corrected chi connectivity index (χ0v) is 16.3. The number of hydrogen-bond acceptors (Lipinski definition) is 5. The third kappa shape index (κ3) is 3.62. The van der Waals surface area contributed by atoms with Gasteiger partial charge in [-0.25, -0.2) is 4.39 Å². The van der Waals surface area contributed by atoms with Gasteiger partial charge in [-0.15, -0.1) is 0 Å². The van der Waals surface area contributed by atoms with Crippen LogP contribution in [0.5, 0.6) is 11.5 Å². The predicted octanol–water partition coefficient (Wildman–Crippen LogP) is 3.49. The van der Waals surface area contributed by atoms with Gasteiger partial charge in [0.25, 0.3) is 0 Å². The number of phenols is 1.